The maximum atomic E-state index is 12.0. The van der Waals surface area contributed by atoms with Gasteiger partial charge in [0, 0.05) is 30.1 Å². The van der Waals surface area contributed by atoms with Gasteiger partial charge in [-0.1, -0.05) is 0 Å². The van der Waals surface area contributed by atoms with Crippen LogP contribution < -0.4 is 11.1 Å². The van der Waals surface area contributed by atoms with Gasteiger partial charge in [0.2, 0.25) is 0 Å². The van der Waals surface area contributed by atoms with Gasteiger partial charge in [-0.2, -0.15) is 0 Å². The molecule has 2 aromatic heterocycles. The largest absolute Gasteiger partial charge is 0.480 e. The molecule has 0 aliphatic rings. The summed E-state index contributed by atoms with van der Waals surface area (Å²) in [6.07, 6.45) is 3.69. The van der Waals surface area contributed by atoms with E-state index in [1.54, 1.807) is 5.38 Å². The smallest absolute Gasteiger partial charge is 0.326 e. The number of carboxylic acid groups (broad SMARTS) is 1. The van der Waals surface area contributed by atoms with Crippen LogP contribution in [0, 0.1) is 0 Å². The molecule has 5 N–H and O–H groups in total. The van der Waals surface area contributed by atoms with Crippen LogP contribution >= 0.6 is 11.3 Å². The number of imidazole rings is 1. The molecule has 21 heavy (non-hydrogen) atoms. The maximum absolute atomic E-state index is 12.0. The minimum atomic E-state index is -1.12. The Bertz CT molecular complexity index is 610. The van der Waals surface area contributed by atoms with Crippen LogP contribution in [0.4, 0.5) is 0 Å². The molecule has 2 aromatic rings. The SMILES string of the molecule is NCCc1nc(C(=O)N[C@H](Cc2cnc[nH]2)C(=O)O)cs1. The van der Waals surface area contributed by atoms with Crippen molar-refractivity contribution in [3.63, 3.8) is 0 Å². The van der Waals surface area contributed by atoms with Crippen LogP contribution in [0.25, 0.3) is 0 Å². The Hall–Kier alpha value is -2.26. The molecule has 0 spiro atoms. The first-order valence-corrected chi connectivity index (χ1v) is 7.13. The van der Waals surface area contributed by atoms with Crippen molar-refractivity contribution in [2.45, 2.75) is 18.9 Å². The molecule has 0 saturated carbocycles. The third-order valence-corrected chi connectivity index (χ3v) is 3.63. The van der Waals surface area contributed by atoms with Gasteiger partial charge < -0.3 is 21.1 Å². The molecule has 2 rings (SSSR count). The lowest BCUT2D eigenvalue weighted by Gasteiger charge is -2.12. The highest BCUT2D eigenvalue weighted by Crippen LogP contribution is 2.10. The summed E-state index contributed by atoms with van der Waals surface area (Å²) in [7, 11) is 0. The van der Waals surface area contributed by atoms with Gasteiger partial charge in [0.25, 0.3) is 5.91 Å². The van der Waals surface area contributed by atoms with Gasteiger partial charge in [-0.25, -0.2) is 14.8 Å². The van der Waals surface area contributed by atoms with Gasteiger partial charge in [0.1, 0.15) is 11.7 Å². The van der Waals surface area contributed by atoms with Gasteiger partial charge in [0.15, 0.2) is 0 Å². The molecule has 0 aliphatic carbocycles. The predicted octanol–water partition coefficient (Wildman–Crippen LogP) is -0.207. The third-order valence-electron chi connectivity index (χ3n) is 2.72. The number of carboxylic acids is 1. The molecule has 0 radical (unpaired) electrons. The first-order chi connectivity index (χ1) is 10.1. The Kier molecular flexibility index (Phi) is 5.01. The summed E-state index contributed by atoms with van der Waals surface area (Å²) in [5, 5.41) is 14.0. The number of amides is 1. The zero-order chi connectivity index (χ0) is 15.2. The minimum absolute atomic E-state index is 0.126. The highest BCUT2D eigenvalue weighted by Gasteiger charge is 2.22. The predicted molar refractivity (Wildman–Crippen MR) is 76.1 cm³/mol. The molecule has 0 saturated heterocycles. The molecule has 8 nitrogen and oxygen atoms in total. The van der Waals surface area contributed by atoms with E-state index >= 15 is 0 Å². The number of carbonyl (C=O) groups is 2. The van der Waals surface area contributed by atoms with Crippen molar-refractivity contribution in [2.75, 3.05) is 6.54 Å². The minimum Gasteiger partial charge on any atom is -0.480 e. The van der Waals surface area contributed by atoms with E-state index in [0.717, 1.165) is 5.01 Å². The molecule has 0 aromatic carbocycles. The normalized spacial score (nSPS) is 12.0. The number of aromatic nitrogens is 3. The summed E-state index contributed by atoms with van der Waals surface area (Å²) in [5.41, 5.74) is 6.26. The Balaban J connectivity index is 2.01. The summed E-state index contributed by atoms with van der Waals surface area (Å²) in [4.78, 5) is 34.0. The van der Waals surface area contributed by atoms with E-state index in [0.29, 0.717) is 18.7 Å². The lowest BCUT2D eigenvalue weighted by atomic mass is 10.1. The number of carbonyl (C=O) groups excluding carboxylic acids is 1. The number of H-pyrrole nitrogens is 1. The maximum Gasteiger partial charge on any atom is 0.326 e. The Morgan fingerprint density at radius 1 is 1.52 bits per heavy atom. The molecule has 1 amide bonds. The third kappa shape index (κ3) is 4.10. The number of aliphatic carboxylic acids is 1. The Morgan fingerprint density at radius 3 is 2.95 bits per heavy atom. The molecular weight excluding hydrogens is 294 g/mol. The fourth-order valence-electron chi connectivity index (χ4n) is 1.70. The van der Waals surface area contributed by atoms with Crippen LogP contribution in [0.15, 0.2) is 17.9 Å². The fraction of sp³-hybridized carbons (Fsp3) is 0.333. The standard InChI is InChI=1S/C12H15N5O3S/c13-2-1-10-16-9(5-21-10)11(18)17-8(12(19)20)3-7-4-14-6-15-7/h4-6,8H,1-3,13H2,(H,14,15)(H,17,18)(H,19,20)/t8-/m1/s1. The van der Waals surface area contributed by atoms with Gasteiger partial charge in [-0.05, 0) is 6.54 Å². The molecule has 0 bridgehead atoms. The summed E-state index contributed by atoms with van der Waals surface area (Å²) >= 11 is 1.33. The van der Waals surface area contributed by atoms with Crippen LogP contribution in [-0.4, -0.2) is 44.5 Å². The lowest BCUT2D eigenvalue weighted by Crippen LogP contribution is -2.42. The number of nitrogens with one attached hydrogen (secondary N) is 2. The molecule has 2 heterocycles. The van der Waals surface area contributed by atoms with E-state index in [1.165, 1.54) is 23.9 Å². The zero-order valence-electron chi connectivity index (χ0n) is 11.1. The summed E-state index contributed by atoms with van der Waals surface area (Å²) in [6.45, 7) is 0.451. The lowest BCUT2D eigenvalue weighted by molar-refractivity contribution is -0.139. The molecule has 112 valence electrons. The van der Waals surface area contributed by atoms with Crippen molar-refractivity contribution in [1.82, 2.24) is 20.3 Å². The fourth-order valence-corrected chi connectivity index (χ4v) is 2.50. The molecule has 0 fully saturated rings. The van der Waals surface area contributed by atoms with Crippen LogP contribution in [0.3, 0.4) is 0 Å². The number of aromatic amines is 1. The van der Waals surface area contributed by atoms with Crippen molar-refractivity contribution in [1.29, 1.82) is 0 Å². The molecule has 1 atom stereocenters. The van der Waals surface area contributed by atoms with Crippen molar-refractivity contribution in [2.24, 2.45) is 5.73 Å². The number of hydrogen-bond acceptors (Lipinski definition) is 6. The number of nitrogens with zero attached hydrogens (tertiary/aromatic N) is 2. The van der Waals surface area contributed by atoms with Crippen LogP contribution in [-0.2, 0) is 17.6 Å². The highest BCUT2D eigenvalue weighted by molar-refractivity contribution is 7.09. The topological polar surface area (TPSA) is 134 Å². The molecule has 9 heteroatoms. The van der Waals surface area contributed by atoms with Crippen molar-refractivity contribution < 1.29 is 14.7 Å². The second-order valence-electron chi connectivity index (χ2n) is 4.31. The van der Waals surface area contributed by atoms with Crippen LogP contribution in [0.2, 0.25) is 0 Å². The highest BCUT2D eigenvalue weighted by atomic mass is 32.1. The average molecular weight is 309 g/mol. The summed E-state index contributed by atoms with van der Waals surface area (Å²) in [5.74, 6) is -1.63. The van der Waals surface area contributed by atoms with E-state index in [-0.39, 0.29) is 12.1 Å². The Labute approximate surface area is 124 Å². The van der Waals surface area contributed by atoms with Crippen LogP contribution in [0.1, 0.15) is 21.2 Å². The van der Waals surface area contributed by atoms with Gasteiger partial charge in [0.05, 0.1) is 11.3 Å². The van der Waals surface area contributed by atoms with E-state index in [4.69, 9.17) is 5.73 Å². The summed E-state index contributed by atoms with van der Waals surface area (Å²) < 4.78 is 0. The number of hydrogen-bond donors (Lipinski definition) is 4. The summed E-state index contributed by atoms with van der Waals surface area (Å²) in [6, 6.07) is -1.04. The van der Waals surface area contributed by atoms with E-state index in [1.807, 2.05) is 0 Å². The molecular formula is C12H15N5O3S. The number of rotatable bonds is 7. The Morgan fingerprint density at radius 2 is 2.33 bits per heavy atom. The molecule has 0 aliphatic heterocycles. The number of nitrogens with two attached hydrogens (primary N) is 1. The van der Waals surface area contributed by atoms with Gasteiger partial charge >= 0.3 is 5.97 Å². The van der Waals surface area contributed by atoms with Gasteiger partial charge in [-0.15, -0.1) is 11.3 Å². The van der Waals surface area contributed by atoms with E-state index in [9.17, 15) is 14.7 Å². The first-order valence-electron chi connectivity index (χ1n) is 6.25. The van der Waals surface area contributed by atoms with Crippen LogP contribution in [0.5, 0.6) is 0 Å². The zero-order valence-corrected chi connectivity index (χ0v) is 11.9. The van der Waals surface area contributed by atoms with Crippen molar-refractivity contribution in [3.05, 3.63) is 34.3 Å². The van der Waals surface area contributed by atoms with Crippen molar-refractivity contribution in [3.8, 4) is 0 Å². The molecule has 0 unspecified atom stereocenters. The number of thiazole rings is 1. The second kappa shape index (κ2) is 6.95. The first kappa shape index (κ1) is 15.1. The monoisotopic (exact) mass is 309 g/mol. The van der Waals surface area contributed by atoms with E-state index < -0.39 is 17.9 Å². The average Bonchev–Trinajstić information content (AvgIpc) is 3.09. The van der Waals surface area contributed by atoms with Gasteiger partial charge in [-0.3, -0.25) is 4.79 Å². The van der Waals surface area contributed by atoms with Crippen molar-refractivity contribution >= 4 is 23.2 Å². The van der Waals surface area contributed by atoms with E-state index in [2.05, 4.69) is 20.3 Å². The quantitative estimate of drug-likeness (QED) is 0.559. The second-order valence-corrected chi connectivity index (χ2v) is 5.25.